The van der Waals surface area contributed by atoms with Gasteiger partial charge in [0.15, 0.2) is 6.61 Å². The summed E-state index contributed by atoms with van der Waals surface area (Å²) < 4.78 is 50.6. The second-order valence-electron chi connectivity index (χ2n) is 6.52. The number of furan rings is 1. The van der Waals surface area contributed by atoms with Gasteiger partial charge in [0, 0.05) is 5.69 Å². The minimum atomic E-state index is -3.92. The van der Waals surface area contributed by atoms with E-state index in [1.54, 1.807) is 19.1 Å². The van der Waals surface area contributed by atoms with Crippen LogP contribution in [-0.2, 0) is 26.1 Å². The van der Waals surface area contributed by atoms with Crippen molar-refractivity contribution >= 4 is 27.6 Å². The van der Waals surface area contributed by atoms with Crippen molar-refractivity contribution in [2.45, 2.75) is 18.4 Å². The quantitative estimate of drug-likeness (QED) is 0.514. The van der Waals surface area contributed by atoms with E-state index in [9.17, 15) is 22.4 Å². The Balaban J connectivity index is 1.64. The molecule has 1 amide bonds. The number of halogens is 1. The van der Waals surface area contributed by atoms with Crippen molar-refractivity contribution in [3.63, 3.8) is 0 Å². The topological polar surface area (TPSA) is 115 Å². The molecule has 3 aromatic rings. The standard InChI is InChI=1S/C21H19FN2O6S/c1-14-7-8-18(31(27,28)23-12-17-6-3-9-29-17)11-19(14)21(26)30-13-20(25)24-16-5-2-4-15(22)10-16/h2-11,23H,12-13H2,1H3,(H,24,25). The van der Waals surface area contributed by atoms with Gasteiger partial charge >= 0.3 is 5.97 Å². The second-order valence-corrected chi connectivity index (χ2v) is 8.28. The van der Waals surface area contributed by atoms with Crippen molar-refractivity contribution < 1.29 is 31.6 Å². The van der Waals surface area contributed by atoms with E-state index in [4.69, 9.17) is 9.15 Å². The van der Waals surface area contributed by atoms with Crippen molar-refractivity contribution in [1.82, 2.24) is 4.72 Å². The molecule has 0 aliphatic heterocycles. The van der Waals surface area contributed by atoms with Gasteiger partial charge in [-0.25, -0.2) is 22.3 Å². The van der Waals surface area contributed by atoms with Crippen molar-refractivity contribution in [3.05, 3.63) is 83.6 Å². The summed E-state index contributed by atoms with van der Waals surface area (Å²) in [7, 11) is -3.92. The van der Waals surface area contributed by atoms with E-state index in [1.807, 2.05) is 0 Å². The molecule has 8 nitrogen and oxygen atoms in total. The summed E-state index contributed by atoms with van der Waals surface area (Å²) in [5.74, 6) is -1.63. The number of aryl methyl sites for hydroxylation is 1. The highest BCUT2D eigenvalue weighted by atomic mass is 32.2. The molecular formula is C21H19FN2O6S. The maximum absolute atomic E-state index is 13.2. The highest BCUT2D eigenvalue weighted by molar-refractivity contribution is 7.89. The number of nitrogens with one attached hydrogen (secondary N) is 2. The molecule has 2 N–H and O–H groups in total. The number of carbonyl (C=O) groups is 2. The number of rotatable bonds is 8. The Morgan fingerprint density at radius 1 is 1.10 bits per heavy atom. The van der Waals surface area contributed by atoms with Gasteiger partial charge in [-0.3, -0.25) is 4.79 Å². The van der Waals surface area contributed by atoms with Crippen LogP contribution in [0.5, 0.6) is 0 Å². The van der Waals surface area contributed by atoms with Crippen molar-refractivity contribution in [2.24, 2.45) is 0 Å². The maximum atomic E-state index is 13.2. The number of amides is 1. The van der Waals surface area contributed by atoms with Crippen LogP contribution in [0.15, 0.2) is 70.2 Å². The van der Waals surface area contributed by atoms with Crippen LogP contribution in [0.3, 0.4) is 0 Å². The van der Waals surface area contributed by atoms with E-state index in [2.05, 4.69) is 10.0 Å². The molecule has 0 aliphatic rings. The van der Waals surface area contributed by atoms with E-state index in [0.717, 1.165) is 6.07 Å². The Kier molecular flexibility index (Phi) is 6.83. The average Bonchev–Trinajstić information content (AvgIpc) is 3.24. The first kappa shape index (κ1) is 22.2. The third kappa shape index (κ3) is 6.00. The molecule has 10 heteroatoms. The smallest absolute Gasteiger partial charge is 0.338 e. The molecule has 0 aliphatic carbocycles. The largest absolute Gasteiger partial charge is 0.468 e. The highest BCUT2D eigenvalue weighted by Crippen LogP contribution is 2.17. The fourth-order valence-corrected chi connectivity index (χ4v) is 3.64. The predicted octanol–water partition coefficient (Wildman–Crippen LogP) is 3.00. The summed E-state index contributed by atoms with van der Waals surface area (Å²) in [6, 6.07) is 12.5. The number of ether oxygens (including phenoxy) is 1. The highest BCUT2D eigenvalue weighted by Gasteiger charge is 2.20. The second kappa shape index (κ2) is 9.54. The van der Waals surface area contributed by atoms with E-state index in [1.165, 1.54) is 42.7 Å². The molecule has 0 saturated heterocycles. The lowest BCUT2D eigenvalue weighted by atomic mass is 10.1. The molecule has 2 aromatic carbocycles. The normalized spacial score (nSPS) is 11.2. The summed E-state index contributed by atoms with van der Waals surface area (Å²) in [5, 5.41) is 2.40. The third-order valence-electron chi connectivity index (χ3n) is 4.20. The third-order valence-corrected chi connectivity index (χ3v) is 5.60. The molecule has 0 atom stereocenters. The van der Waals surface area contributed by atoms with Crippen LogP contribution >= 0.6 is 0 Å². The fraction of sp³-hybridized carbons (Fsp3) is 0.143. The van der Waals surface area contributed by atoms with Crippen LogP contribution in [0, 0.1) is 12.7 Å². The summed E-state index contributed by atoms with van der Waals surface area (Å²) in [4.78, 5) is 24.2. The molecule has 0 radical (unpaired) electrons. The van der Waals surface area contributed by atoms with Crippen LogP contribution in [0.25, 0.3) is 0 Å². The first-order chi connectivity index (χ1) is 14.7. The number of sulfonamides is 1. The van der Waals surface area contributed by atoms with Gasteiger partial charge < -0.3 is 14.5 Å². The van der Waals surface area contributed by atoms with Crippen molar-refractivity contribution in [2.75, 3.05) is 11.9 Å². The SMILES string of the molecule is Cc1ccc(S(=O)(=O)NCc2ccco2)cc1C(=O)OCC(=O)Nc1cccc(F)c1. The van der Waals surface area contributed by atoms with Gasteiger partial charge in [-0.2, -0.15) is 0 Å². The zero-order valence-corrected chi connectivity index (χ0v) is 17.2. The number of hydrogen-bond donors (Lipinski definition) is 2. The zero-order chi connectivity index (χ0) is 22.4. The molecule has 162 valence electrons. The number of hydrogen-bond acceptors (Lipinski definition) is 6. The molecule has 1 heterocycles. The minimum Gasteiger partial charge on any atom is -0.468 e. The molecule has 1 aromatic heterocycles. The summed E-state index contributed by atoms with van der Waals surface area (Å²) >= 11 is 0. The molecule has 0 unspecified atom stereocenters. The molecule has 3 rings (SSSR count). The molecule has 0 fully saturated rings. The van der Waals surface area contributed by atoms with E-state index < -0.39 is 34.3 Å². The Hall–Kier alpha value is -3.50. The summed E-state index contributed by atoms with van der Waals surface area (Å²) in [6.07, 6.45) is 1.42. The van der Waals surface area contributed by atoms with Gasteiger partial charge in [-0.05, 0) is 55.0 Å². The van der Waals surface area contributed by atoms with Gasteiger partial charge in [0.05, 0.1) is 23.3 Å². The Morgan fingerprint density at radius 2 is 1.90 bits per heavy atom. The number of esters is 1. The molecule has 0 spiro atoms. The average molecular weight is 446 g/mol. The lowest BCUT2D eigenvalue weighted by molar-refractivity contribution is -0.119. The first-order valence-electron chi connectivity index (χ1n) is 9.10. The van der Waals surface area contributed by atoms with Crippen LogP contribution in [0.2, 0.25) is 0 Å². The van der Waals surface area contributed by atoms with E-state index in [-0.39, 0.29) is 22.7 Å². The molecule has 0 bridgehead atoms. The summed E-state index contributed by atoms with van der Waals surface area (Å²) in [5.41, 5.74) is 0.688. The summed E-state index contributed by atoms with van der Waals surface area (Å²) in [6.45, 7) is 0.932. The van der Waals surface area contributed by atoms with Crippen molar-refractivity contribution in [1.29, 1.82) is 0 Å². The zero-order valence-electron chi connectivity index (χ0n) is 16.4. The van der Waals surface area contributed by atoms with Gasteiger partial charge in [0.2, 0.25) is 10.0 Å². The molecular weight excluding hydrogens is 427 g/mol. The Bertz CT molecular complexity index is 1190. The number of benzene rings is 2. The number of carbonyl (C=O) groups excluding carboxylic acids is 2. The Morgan fingerprint density at radius 3 is 2.61 bits per heavy atom. The van der Waals surface area contributed by atoms with Gasteiger partial charge in [-0.1, -0.05) is 12.1 Å². The van der Waals surface area contributed by atoms with E-state index in [0.29, 0.717) is 11.3 Å². The van der Waals surface area contributed by atoms with Gasteiger partial charge in [0.25, 0.3) is 5.91 Å². The fourth-order valence-electron chi connectivity index (χ4n) is 2.62. The first-order valence-corrected chi connectivity index (χ1v) is 10.6. The van der Waals surface area contributed by atoms with Crippen LogP contribution in [-0.4, -0.2) is 26.9 Å². The van der Waals surface area contributed by atoms with Crippen LogP contribution in [0.1, 0.15) is 21.7 Å². The monoisotopic (exact) mass is 446 g/mol. The van der Waals surface area contributed by atoms with E-state index >= 15 is 0 Å². The van der Waals surface area contributed by atoms with Crippen molar-refractivity contribution in [3.8, 4) is 0 Å². The lowest BCUT2D eigenvalue weighted by Gasteiger charge is -2.11. The van der Waals surface area contributed by atoms with Gasteiger partial charge in [0.1, 0.15) is 11.6 Å². The predicted molar refractivity (Wildman–Crippen MR) is 109 cm³/mol. The number of anilines is 1. The van der Waals surface area contributed by atoms with Crippen LogP contribution in [0.4, 0.5) is 10.1 Å². The lowest BCUT2D eigenvalue weighted by Crippen LogP contribution is -2.24. The maximum Gasteiger partial charge on any atom is 0.338 e. The Labute approximate surface area is 178 Å². The molecule has 31 heavy (non-hydrogen) atoms. The van der Waals surface area contributed by atoms with Gasteiger partial charge in [-0.15, -0.1) is 0 Å². The van der Waals surface area contributed by atoms with Crippen LogP contribution < -0.4 is 10.0 Å². The minimum absolute atomic E-state index is 0.000529. The molecule has 0 saturated carbocycles.